The molecular formula is C15H26N2O2S. The Hall–Kier alpha value is -1.07. The fraction of sp³-hybridized carbons (Fsp3) is 0.600. The first kappa shape index (κ1) is 17.0. The lowest BCUT2D eigenvalue weighted by molar-refractivity contribution is 0.437. The quantitative estimate of drug-likeness (QED) is 0.821. The molecule has 0 aromatic heterocycles. The molecule has 1 unspecified atom stereocenters. The molecule has 0 spiro atoms. The zero-order chi connectivity index (χ0) is 15.7. The maximum absolute atomic E-state index is 12.7. The van der Waals surface area contributed by atoms with Crippen molar-refractivity contribution in [3.8, 4) is 0 Å². The minimum Gasteiger partial charge on any atom is -0.398 e. The SMILES string of the molecule is CCC(NS(=O)(=O)c1c(C)c(C)cc(N)c1C)C(C)C. The number of sulfonamides is 1. The van der Waals surface area contributed by atoms with Crippen molar-refractivity contribution in [3.05, 3.63) is 22.8 Å². The van der Waals surface area contributed by atoms with Crippen LogP contribution >= 0.6 is 0 Å². The summed E-state index contributed by atoms with van der Waals surface area (Å²) in [5, 5.41) is 0. The fourth-order valence-electron chi connectivity index (χ4n) is 2.39. The lowest BCUT2D eigenvalue weighted by Gasteiger charge is -2.23. The van der Waals surface area contributed by atoms with Crippen LogP contribution in [-0.2, 0) is 10.0 Å². The van der Waals surface area contributed by atoms with Crippen LogP contribution in [0.25, 0.3) is 0 Å². The Kier molecular flexibility index (Phi) is 5.21. The number of nitrogens with one attached hydrogen (secondary N) is 1. The summed E-state index contributed by atoms with van der Waals surface area (Å²) >= 11 is 0. The van der Waals surface area contributed by atoms with Crippen molar-refractivity contribution in [3.63, 3.8) is 0 Å². The summed E-state index contributed by atoms with van der Waals surface area (Å²) in [6.07, 6.45) is 0.760. The van der Waals surface area contributed by atoms with E-state index >= 15 is 0 Å². The van der Waals surface area contributed by atoms with Crippen molar-refractivity contribution in [1.29, 1.82) is 0 Å². The van der Waals surface area contributed by atoms with E-state index in [0.29, 0.717) is 16.1 Å². The van der Waals surface area contributed by atoms with Crippen molar-refractivity contribution < 1.29 is 8.42 Å². The van der Waals surface area contributed by atoms with Crippen molar-refractivity contribution >= 4 is 15.7 Å². The normalized spacial score (nSPS) is 13.8. The number of anilines is 1. The molecule has 1 atom stereocenters. The summed E-state index contributed by atoms with van der Waals surface area (Å²) in [5.74, 6) is 0.248. The van der Waals surface area contributed by atoms with E-state index in [9.17, 15) is 8.42 Å². The first-order valence-corrected chi connectivity index (χ1v) is 8.48. The summed E-state index contributed by atoms with van der Waals surface area (Å²) in [5.41, 5.74) is 8.72. The van der Waals surface area contributed by atoms with E-state index in [-0.39, 0.29) is 12.0 Å². The first-order valence-electron chi connectivity index (χ1n) is 7.00. The summed E-state index contributed by atoms with van der Waals surface area (Å²) in [6, 6.07) is 1.75. The Morgan fingerprint density at radius 2 is 1.75 bits per heavy atom. The van der Waals surface area contributed by atoms with Crippen LogP contribution in [0.2, 0.25) is 0 Å². The van der Waals surface area contributed by atoms with Crippen molar-refractivity contribution in [2.45, 2.75) is 58.9 Å². The molecular weight excluding hydrogens is 272 g/mol. The standard InChI is InChI=1S/C15H26N2O2S/c1-7-14(9(2)3)17-20(18,19)15-11(5)10(4)8-13(16)12(15)6/h8-9,14,17H,7,16H2,1-6H3. The molecule has 0 amide bonds. The molecule has 1 aromatic rings. The monoisotopic (exact) mass is 298 g/mol. The highest BCUT2D eigenvalue weighted by Gasteiger charge is 2.26. The van der Waals surface area contributed by atoms with E-state index in [1.54, 1.807) is 6.92 Å². The predicted molar refractivity (Wildman–Crippen MR) is 84.3 cm³/mol. The molecule has 0 fully saturated rings. The topological polar surface area (TPSA) is 72.2 Å². The summed E-state index contributed by atoms with van der Waals surface area (Å²) in [4.78, 5) is 0.328. The highest BCUT2D eigenvalue weighted by atomic mass is 32.2. The van der Waals surface area contributed by atoms with E-state index in [1.165, 1.54) is 0 Å². The number of rotatable bonds is 5. The highest BCUT2D eigenvalue weighted by molar-refractivity contribution is 7.89. The molecule has 1 aromatic carbocycles. The molecule has 3 N–H and O–H groups in total. The zero-order valence-corrected chi connectivity index (χ0v) is 14.1. The molecule has 0 saturated heterocycles. The van der Waals surface area contributed by atoms with Crippen LogP contribution in [0.4, 0.5) is 5.69 Å². The lowest BCUT2D eigenvalue weighted by Crippen LogP contribution is -2.38. The van der Waals surface area contributed by atoms with Gasteiger partial charge in [-0.2, -0.15) is 0 Å². The molecule has 1 rings (SSSR count). The summed E-state index contributed by atoms with van der Waals surface area (Å²) < 4.78 is 28.2. The molecule has 0 radical (unpaired) electrons. The largest absolute Gasteiger partial charge is 0.398 e. The van der Waals surface area contributed by atoms with E-state index in [0.717, 1.165) is 17.5 Å². The minimum atomic E-state index is -3.55. The Bertz CT molecular complexity index is 566. The third-order valence-corrected chi connectivity index (χ3v) is 5.66. The Balaban J connectivity index is 3.36. The minimum absolute atomic E-state index is 0.0689. The Labute approximate surface area is 122 Å². The molecule has 0 aliphatic rings. The molecule has 0 aliphatic heterocycles. The third-order valence-electron chi connectivity index (χ3n) is 3.90. The predicted octanol–water partition coefficient (Wildman–Crippen LogP) is 2.91. The fourth-order valence-corrected chi connectivity index (χ4v) is 4.43. The van der Waals surface area contributed by atoms with E-state index in [4.69, 9.17) is 5.73 Å². The van der Waals surface area contributed by atoms with Gasteiger partial charge in [-0.1, -0.05) is 20.8 Å². The van der Waals surface area contributed by atoms with Crippen molar-refractivity contribution in [2.75, 3.05) is 5.73 Å². The average Bonchev–Trinajstić information content (AvgIpc) is 2.33. The number of nitrogen functional groups attached to an aromatic ring is 1. The molecule has 5 heteroatoms. The van der Waals surface area contributed by atoms with Crippen molar-refractivity contribution in [2.24, 2.45) is 5.92 Å². The molecule has 0 saturated carbocycles. The first-order chi connectivity index (χ1) is 9.11. The molecule has 0 heterocycles. The number of aryl methyl sites for hydroxylation is 1. The molecule has 0 bridgehead atoms. The molecule has 20 heavy (non-hydrogen) atoms. The van der Waals surface area contributed by atoms with Crippen LogP contribution in [0.15, 0.2) is 11.0 Å². The number of benzene rings is 1. The summed E-state index contributed by atoms with van der Waals surface area (Å²) in [7, 11) is -3.55. The second kappa shape index (κ2) is 6.14. The van der Waals surface area contributed by atoms with Crippen LogP contribution < -0.4 is 10.5 Å². The van der Waals surface area contributed by atoms with Gasteiger partial charge < -0.3 is 5.73 Å². The smallest absolute Gasteiger partial charge is 0.241 e. The second-order valence-electron chi connectivity index (χ2n) is 5.74. The van der Waals surface area contributed by atoms with Gasteiger partial charge in [-0.15, -0.1) is 0 Å². The van der Waals surface area contributed by atoms with Gasteiger partial charge >= 0.3 is 0 Å². The zero-order valence-electron chi connectivity index (χ0n) is 13.2. The molecule has 114 valence electrons. The van der Waals surface area contributed by atoms with Gasteiger partial charge in [-0.05, 0) is 55.9 Å². The van der Waals surface area contributed by atoms with E-state index in [1.807, 2.05) is 40.7 Å². The maximum atomic E-state index is 12.7. The number of nitrogens with two attached hydrogens (primary N) is 1. The lowest BCUT2D eigenvalue weighted by atomic mass is 10.0. The van der Waals surface area contributed by atoms with Gasteiger partial charge in [0, 0.05) is 11.7 Å². The van der Waals surface area contributed by atoms with Gasteiger partial charge in [-0.25, -0.2) is 13.1 Å². The van der Waals surface area contributed by atoms with Gasteiger partial charge in [0.15, 0.2) is 0 Å². The second-order valence-corrected chi connectivity index (χ2v) is 7.39. The molecule has 4 nitrogen and oxygen atoms in total. The van der Waals surface area contributed by atoms with Crippen LogP contribution in [0.3, 0.4) is 0 Å². The van der Waals surface area contributed by atoms with Gasteiger partial charge in [0.05, 0.1) is 4.90 Å². The molecule has 0 aliphatic carbocycles. The van der Waals surface area contributed by atoms with E-state index < -0.39 is 10.0 Å². The van der Waals surface area contributed by atoms with Crippen LogP contribution in [0, 0.1) is 26.7 Å². The number of hydrogen-bond acceptors (Lipinski definition) is 3. The highest BCUT2D eigenvalue weighted by Crippen LogP contribution is 2.28. The Morgan fingerprint density at radius 3 is 2.20 bits per heavy atom. The third kappa shape index (κ3) is 3.33. The van der Waals surface area contributed by atoms with Crippen LogP contribution in [0.1, 0.15) is 43.9 Å². The summed E-state index contributed by atoms with van der Waals surface area (Å²) in [6.45, 7) is 11.5. The van der Waals surface area contributed by atoms with Crippen LogP contribution in [0.5, 0.6) is 0 Å². The van der Waals surface area contributed by atoms with Gasteiger partial charge in [0.1, 0.15) is 0 Å². The Morgan fingerprint density at radius 1 is 1.20 bits per heavy atom. The van der Waals surface area contributed by atoms with Crippen LogP contribution in [-0.4, -0.2) is 14.5 Å². The van der Waals surface area contributed by atoms with Crippen molar-refractivity contribution in [1.82, 2.24) is 4.72 Å². The van der Waals surface area contributed by atoms with E-state index in [2.05, 4.69) is 4.72 Å². The maximum Gasteiger partial charge on any atom is 0.241 e. The van der Waals surface area contributed by atoms with Gasteiger partial charge in [0.25, 0.3) is 0 Å². The average molecular weight is 298 g/mol. The van der Waals surface area contributed by atoms with Gasteiger partial charge in [-0.3, -0.25) is 0 Å². The van der Waals surface area contributed by atoms with Gasteiger partial charge in [0.2, 0.25) is 10.0 Å². The number of hydrogen-bond donors (Lipinski definition) is 2.